The molecule has 1 N–H and O–H groups in total. The number of fused-ring (bicyclic) bond motifs is 1. The molecule has 1 aromatic carbocycles. The van der Waals surface area contributed by atoms with Gasteiger partial charge in [-0.05, 0) is 42.0 Å². The third-order valence-corrected chi connectivity index (χ3v) is 3.76. The molecule has 0 radical (unpaired) electrons. The lowest BCUT2D eigenvalue weighted by Crippen LogP contribution is -2.17. The first-order valence-electron chi connectivity index (χ1n) is 6.03. The summed E-state index contributed by atoms with van der Waals surface area (Å²) < 4.78 is 0. The zero-order chi connectivity index (χ0) is 12.6. The molecule has 0 spiro atoms. The molecule has 2 rings (SSSR count). The van der Waals surface area contributed by atoms with Gasteiger partial charge in [0.05, 0.1) is 5.92 Å². The third kappa shape index (κ3) is 2.14. The molecule has 0 saturated carbocycles. The zero-order valence-corrected chi connectivity index (χ0v) is 10.6. The second kappa shape index (κ2) is 4.40. The first-order valence-corrected chi connectivity index (χ1v) is 6.03. The van der Waals surface area contributed by atoms with Gasteiger partial charge < -0.3 is 10.0 Å². The Morgan fingerprint density at radius 1 is 1.47 bits per heavy atom. The van der Waals surface area contributed by atoms with E-state index >= 15 is 0 Å². The van der Waals surface area contributed by atoms with Crippen molar-refractivity contribution < 1.29 is 9.90 Å². The summed E-state index contributed by atoms with van der Waals surface area (Å²) in [5, 5.41) is 9.10. The van der Waals surface area contributed by atoms with Gasteiger partial charge in [0, 0.05) is 19.8 Å². The molecule has 0 saturated heterocycles. The average molecular weight is 233 g/mol. The van der Waals surface area contributed by atoms with Crippen LogP contribution in [0.3, 0.4) is 0 Å². The van der Waals surface area contributed by atoms with E-state index in [0.29, 0.717) is 0 Å². The van der Waals surface area contributed by atoms with Crippen molar-refractivity contribution in [3.8, 4) is 0 Å². The maximum Gasteiger partial charge on any atom is 0.306 e. The molecule has 2 atom stereocenters. The van der Waals surface area contributed by atoms with Gasteiger partial charge in [0.1, 0.15) is 0 Å². The Hall–Kier alpha value is -1.51. The van der Waals surface area contributed by atoms with Crippen molar-refractivity contribution in [1.82, 2.24) is 0 Å². The number of nitrogens with zero attached hydrogens (tertiary/aromatic N) is 1. The summed E-state index contributed by atoms with van der Waals surface area (Å²) in [6.07, 6.45) is 1.96. The van der Waals surface area contributed by atoms with Gasteiger partial charge in [-0.3, -0.25) is 4.79 Å². The molecule has 0 fully saturated rings. The molecule has 0 aliphatic heterocycles. The van der Waals surface area contributed by atoms with Crippen LogP contribution in [0.15, 0.2) is 18.2 Å². The molecule has 3 nitrogen and oxygen atoms in total. The number of benzene rings is 1. The summed E-state index contributed by atoms with van der Waals surface area (Å²) >= 11 is 0. The topological polar surface area (TPSA) is 40.5 Å². The van der Waals surface area contributed by atoms with Gasteiger partial charge in [-0.15, -0.1) is 0 Å². The Balaban J connectivity index is 2.31. The number of aliphatic carboxylic acids is 1. The molecule has 17 heavy (non-hydrogen) atoms. The minimum atomic E-state index is -0.695. The van der Waals surface area contributed by atoms with E-state index in [2.05, 4.69) is 23.1 Å². The highest BCUT2D eigenvalue weighted by atomic mass is 16.4. The second-order valence-electron chi connectivity index (χ2n) is 5.05. The van der Waals surface area contributed by atoms with Crippen LogP contribution in [0.4, 0.5) is 5.69 Å². The van der Waals surface area contributed by atoms with Crippen LogP contribution in [0.5, 0.6) is 0 Å². The van der Waals surface area contributed by atoms with Crippen molar-refractivity contribution in [2.24, 2.45) is 5.92 Å². The van der Waals surface area contributed by atoms with Crippen molar-refractivity contribution in [3.63, 3.8) is 0 Å². The molecule has 0 aromatic heterocycles. The van der Waals surface area contributed by atoms with E-state index in [1.807, 2.05) is 21.0 Å². The second-order valence-corrected chi connectivity index (χ2v) is 5.05. The lowest BCUT2D eigenvalue weighted by atomic mass is 9.89. The van der Waals surface area contributed by atoms with E-state index in [1.165, 1.54) is 16.8 Å². The van der Waals surface area contributed by atoms with Crippen LogP contribution in [0, 0.1) is 5.92 Å². The summed E-state index contributed by atoms with van der Waals surface area (Å²) in [4.78, 5) is 13.1. The number of aryl methyl sites for hydroxylation is 1. The summed E-state index contributed by atoms with van der Waals surface area (Å²) in [7, 11) is 4.04. The van der Waals surface area contributed by atoms with E-state index in [9.17, 15) is 4.79 Å². The van der Waals surface area contributed by atoms with Gasteiger partial charge in [0.25, 0.3) is 0 Å². The Bertz CT molecular complexity index is 440. The van der Waals surface area contributed by atoms with Crippen LogP contribution in [0.2, 0.25) is 0 Å². The van der Waals surface area contributed by atoms with Crippen molar-refractivity contribution in [2.75, 3.05) is 19.0 Å². The summed E-state index contributed by atoms with van der Waals surface area (Å²) in [6, 6.07) is 6.36. The number of carboxylic acids is 1. The highest BCUT2D eigenvalue weighted by Crippen LogP contribution is 2.39. The summed E-state index contributed by atoms with van der Waals surface area (Å²) in [5.41, 5.74) is 3.73. The first-order chi connectivity index (χ1) is 8.00. The fraction of sp³-hybridized carbons (Fsp3) is 0.500. The largest absolute Gasteiger partial charge is 0.481 e. The van der Waals surface area contributed by atoms with E-state index in [-0.39, 0.29) is 11.8 Å². The molecule has 3 heteroatoms. The number of carboxylic acid groups (broad SMARTS) is 1. The van der Waals surface area contributed by atoms with Crippen LogP contribution < -0.4 is 4.90 Å². The molecular weight excluding hydrogens is 214 g/mol. The average Bonchev–Trinajstić information content (AvgIpc) is 2.70. The Labute approximate surface area is 102 Å². The van der Waals surface area contributed by atoms with Gasteiger partial charge in [0.15, 0.2) is 0 Å². The van der Waals surface area contributed by atoms with E-state index in [4.69, 9.17) is 5.11 Å². The van der Waals surface area contributed by atoms with Crippen LogP contribution in [0.25, 0.3) is 0 Å². The monoisotopic (exact) mass is 233 g/mol. The Kier molecular flexibility index (Phi) is 3.09. The quantitative estimate of drug-likeness (QED) is 0.872. The predicted octanol–water partition coefficient (Wildman–Crippen LogP) is 2.50. The zero-order valence-electron chi connectivity index (χ0n) is 10.6. The van der Waals surface area contributed by atoms with Gasteiger partial charge in [-0.1, -0.05) is 13.0 Å². The fourth-order valence-electron chi connectivity index (χ4n) is 2.61. The number of carbonyl (C=O) groups is 1. The normalized spacial score (nSPS) is 19.8. The Morgan fingerprint density at radius 3 is 2.76 bits per heavy atom. The molecule has 0 bridgehead atoms. The van der Waals surface area contributed by atoms with Crippen LogP contribution in [-0.4, -0.2) is 25.2 Å². The molecule has 1 aromatic rings. The highest BCUT2D eigenvalue weighted by molar-refractivity contribution is 5.71. The highest BCUT2D eigenvalue weighted by Gasteiger charge is 2.31. The van der Waals surface area contributed by atoms with Crippen LogP contribution in [0.1, 0.15) is 30.4 Å². The standard InChI is InChI=1S/C14H19NO2/c1-9(14(16)17)12-6-4-10-8-11(15(2)3)5-7-13(10)12/h5,7-9,12H,4,6H2,1-3H3,(H,16,17). The minimum Gasteiger partial charge on any atom is -0.481 e. The molecular formula is C14H19NO2. The molecule has 1 aliphatic carbocycles. The van der Waals surface area contributed by atoms with Gasteiger partial charge in [-0.25, -0.2) is 0 Å². The lowest BCUT2D eigenvalue weighted by Gasteiger charge is -2.18. The van der Waals surface area contributed by atoms with Crippen LogP contribution in [-0.2, 0) is 11.2 Å². The van der Waals surface area contributed by atoms with Crippen molar-refractivity contribution in [3.05, 3.63) is 29.3 Å². The SMILES string of the molecule is CC(C(=O)O)C1CCc2cc(N(C)C)ccc21. The van der Waals surface area contributed by atoms with Crippen molar-refractivity contribution in [2.45, 2.75) is 25.7 Å². The van der Waals surface area contributed by atoms with Gasteiger partial charge in [0.2, 0.25) is 0 Å². The summed E-state index contributed by atoms with van der Waals surface area (Å²) in [5.74, 6) is -0.806. The molecule has 92 valence electrons. The fourth-order valence-corrected chi connectivity index (χ4v) is 2.61. The molecule has 0 amide bonds. The van der Waals surface area contributed by atoms with E-state index in [1.54, 1.807) is 0 Å². The lowest BCUT2D eigenvalue weighted by molar-refractivity contribution is -0.141. The van der Waals surface area contributed by atoms with Gasteiger partial charge >= 0.3 is 5.97 Å². The summed E-state index contributed by atoms with van der Waals surface area (Å²) in [6.45, 7) is 1.81. The van der Waals surface area contributed by atoms with E-state index in [0.717, 1.165) is 12.8 Å². The van der Waals surface area contributed by atoms with Crippen LogP contribution >= 0.6 is 0 Å². The number of hydrogen-bond donors (Lipinski definition) is 1. The van der Waals surface area contributed by atoms with E-state index < -0.39 is 5.97 Å². The van der Waals surface area contributed by atoms with Gasteiger partial charge in [-0.2, -0.15) is 0 Å². The molecule has 2 unspecified atom stereocenters. The Morgan fingerprint density at radius 2 is 2.18 bits per heavy atom. The number of anilines is 1. The maximum atomic E-state index is 11.1. The molecule has 1 aliphatic rings. The predicted molar refractivity (Wildman–Crippen MR) is 68.6 cm³/mol. The minimum absolute atomic E-state index is 0.179. The first kappa shape index (κ1) is 12.0. The van der Waals surface area contributed by atoms with Crippen molar-refractivity contribution in [1.29, 1.82) is 0 Å². The number of rotatable bonds is 3. The van der Waals surface area contributed by atoms with Crippen molar-refractivity contribution >= 4 is 11.7 Å². The molecule has 0 heterocycles. The maximum absolute atomic E-state index is 11.1. The number of hydrogen-bond acceptors (Lipinski definition) is 2. The third-order valence-electron chi connectivity index (χ3n) is 3.76. The smallest absolute Gasteiger partial charge is 0.306 e.